The Bertz CT molecular complexity index is 1160. The fraction of sp³-hybridized carbons (Fsp3) is 0.160. The maximum Gasteiger partial charge on any atom is 0.233 e. The van der Waals surface area contributed by atoms with Crippen molar-refractivity contribution in [3.8, 4) is 11.4 Å². The van der Waals surface area contributed by atoms with Gasteiger partial charge >= 0.3 is 0 Å². The van der Waals surface area contributed by atoms with Gasteiger partial charge in [0.25, 0.3) is 0 Å². The first kappa shape index (κ1) is 22.1. The van der Waals surface area contributed by atoms with Gasteiger partial charge in [0.2, 0.25) is 5.91 Å². The maximum absolute atomic E-state index is 13.2. The van der Waals surface area contributed by atoms with E-state index in [9.17, 15) is 4.79 Å². The van der Waals surface area contributed by atoms with Crippen molar-refractivity contribution >= 4 is 29.3 Å². The molecule has 0 aliphatic rings. The zero-order valence-electron chi connectivity index (χ0n) is 17.9. The van der Waals surface area contributed by atoms with E-state index in [1.165, 1.54) is 11.8 Å². The Labute approximate surface area is 197 Å². The fourth-order valence-electron chi connectivity index (χ4n) is 3.60. The highest BCUT2D eigenvalue weighted by Crippen LogP contribution is 2.30. The molecule has 3 aromatic carbocycles. The third kappa shape index (κ3) is 4.71. The number of halogens is 1. The second-order valence-corrected chi connectivity index (χ2v) is 8.71. The van der Waals surface area contributed by atoms with Gasteiger partial charge in [-0.25, -0.2) is 0 Å². The summed E-state index contributed by atoms with van der Waals surface area (Å²) in [6.45, 7) is 0. The molecule has 162 valence electrons. The largest absolute Gasteiger partial charge is 0.334 e. The zero-order chi connectivity index (χ0) is 22.5. The lowest BCUT2D eigenvalue weighted by Gasteiger charge is -2.29. The number of nitrogens with zero attached hydrogens (tertiary/aromatic N) is 4. The number of carbonyl (C=O) groups excluding carboxylic acids is 1. The fourth-order valence-corrected chi connectivity index (χ4v) is 4.66. The Morgan fingerprint density at radius 3 is 2.09 bits per heavy atom. The van der Waals surface area contributed by atoms with Crippen LogP contribution in [0, 0.1) is 0 Å². The van der Waals surface area contributed by atoms with Gasteiger partial charge in [0.15, 0.2) is 11.0 Å². The summed E-state index contributed by atoms with van der Waals surface area (Å²) in [5.74, 6) is 0.932. The van der Waals surface area contributed by atoms with Gasteiger partial charge in [-0.15, -0.1) is 10.2 Å². The quantitative estimate of drug-likeness (QED) is 0.341. The van der Waals surface area contributed by atoms with Crippen LogP contribution in [-0.4, -0.2) is 38.4 Å². The van der Waals surface area contributed by atoms with Crippen molar-refractivity contribution in [1.82, 2.24) is 19.7 Å². The summed E-state index contributed by atoms with van der Waals surface area (Å²) in [6.07, 6.45) is 0. The number of rotatable bonds is 7. The van der Waals surface area contributed by atoms with E-state index in [1.807, 2.05) is 104 Å². The normalized spacial score (nSPS) is 11.0. The van der Waals surface area contributed by atoms with Crippen molar-refractivity contribution in [2.75, 3.05) is 12.8 Å². The molecule has 7 heteroatoms. The van der Waals surface area contributed by atoms with Crippen LogP contribution in [0.25, 0.3) is 11.4 Å². The molecule has 0 radical (unpaired) electrons. The van der Waals surface area contributed by atoms with Crippen LogP contribution in [-0.2, 0) is 11.8 Å². The van der Waals surface area contributed by atoms with Gasteiger partial charge in [0.1, 0.15) is 0 Å². The number of hydrogen-bond donors (Lipinski definition) is 0. The van der Waals surface area contributed by atoms with E-state index in [2.05, 4.69) is 10.2 Å². The van der Waals surface area contributed by atoms with Gasteiger partial charge in [-0.3, -0.25) is 4.79 Å². The number of hydrogen-bond acceptors (Lipinski definition) is 4. The van der Waals surface area contributed by atoms with Crippen LogP contribution in [0.2, 0.25) is 5.02 Å². The molecule has 0 saturated heterocycles. The SMILES string of the molecule is CN(C(=O)CSc1nnc(-c2ccccc2Cl)n1C)C(c1ccccc1)c1ccccc1. The molecule has 32 heavy (non-hydrogen) atoms. The smallest absolute Gasteiger partial charge is 0.233 e. The van der Waals surface area contributed by atoms with Crippen LogP contribution >= 0.6 is 23.4 Å². The third-order valence-corrected chi connectivity index (χ3v) is 6.62. The number of carbonyl (C=O) groups is 1. The highest BCUT2D eigenvalue weighted by Gasteiger charge is 2.24. The molecule has 0 saturated carbocycles. The van der Waals surface area contributed by atoms with Crippen molar-refractivity contribution in [2.45, 2.75) is 11.2 Å². The van der Waals surface area contributed by atoms with Gasteiger partial charge in [-0.2, -0.15) is 0 Å². The van der Waals surface area contributed by atoms with Crippen molar-refractivity contribution < 1.29 is 4.79 Å². The summed E-state index contributed by atoms with van der Waals surface area (Å²) in [5, 5.41) is 9.83. The van der Waals surface area contributed by atoms with Gasteiger partial charge in [-0.1, -0.05) is 96.2 Å². The van der Waals surface area contributed by atoms with Crippen LogP contribution < -0.4 is 0 Å². The van der Waals surface area contributed by atoms with Gasteiger partial charge < -0.3 is 9.47 Å². The van der Waals surface area contributed by atoms with E-state index in [1.54, 1.807) is 4.90 Å². The Hall–Kier alpha value is -3.09. The molecule has 4 rings (SSSR count). The lowest BCUT2D eigenvalue weighted by Crippen LogP contribution is -2.33. The molecule has 0 aliphatic carbocycles. The highest BCUT2D eigenvalue weighted by molar-refractivity contribution is 7.99. The molecule has 0 aliphatic heterocycles. The number of thioether (sulfide) groups is 1. The van der Waals surface area contributed by atoms with Crippen LogP contribution in [0.4, 0.5) is 0 Å². The Morgan fingerprint density at radius 1 is 0.938 bits per heavy atom. The molecule has 0 unspecified atom stereocenters. The van der Waals surface area contributed by atoms with Crippen molar-refractivity contribution in [2.24, 2.45) is 7.05 Å². The summed E-state index contributed by atoms with van der Waals surface area (Å²) in [4.78, 5) is 15.0. The van der Waals surface area contributed by atoms with Crippen LogP contribution in [0.1, 0.15) is 17.2 Å². The predicted octanol–water partition coefficient (Wildman–Crippen LogP) is 5.48. The first-order valence-corrected chi connectivity index (χ1v) is 11.5. The number of benzene rings is 3. The van der Waals surface area contributed by atoms with Gasteiger partial charge in [-0.05, 0) is 23.3 Å². The Balaban J connectivity index is 1.52. The van der Waals surface area contributed by atoms with Gasteiger partial charge in [0, 0.05) is 19.7 Å². The van der Waals surface area contributed by atoms with Crippen molar-refractivity contribution in [1.29, 1.82) is 0 Å². The second-order valence-electron chi connectivity index (χ2n) is 7.36. The molecule has 1 amide bonds. The lowest BCUT2D eigenvalue weighted by molar-refractivity contribution is -0.128. The first-order chi connectivity index (χ1) is 15.6. The molecule has 5 nitrogen and oxygen atoms in total. The summed E-state index contributed by atoms with van der Waals surface area (Å²) in [5.41, 5.74) is 2.95. The minimum absolute atomic E-state index is 0.00926. The van der Waals surface area contributed by atoms with Crippen LogP contribution in [0.15, 0.2) is 90.1 Å². The summed E-state index contributed by atoms with van der Waals surface area (Å²) < 4.78 is 1.87. The molecule has 1 heterocycles. The van der Waals surface area contributed by atoms with Crippen molar-refractivity contribution in [3.05, 3.63) is 101 Å². The summed E-state index contributed by atoms with van der Waals surface area (Å²) >= 11 is 7.68. The average Bonchev–Trinajstić information content (AvgIpc) is 3.19. The standard InChI is InChI=1S/C25H23ClN4OS/c1-29(23(18-11-5-3-6-12-18)19-13-7-4-8-14-19)22(31)17-32-25-28-27-24(30(25)2)20-15-9-10-16-21(20)26/h3-16,23H,17H2,1-2H3. The van der Waals surface area contributed by atoms with E-state index in [0.29, 0.717) is 16.0 Å². The maximum atomic E-state index is 13.2. The first-order valence-electron chi connectivity index (χ1n) is 10.2. The Kier molecular flexibility index (Phi) is 6.93. The van der Waals surface area contributed by atoms with E-state index in [-0.39, 0.29) is 17.7 Å². The zero-order valence-corrected chi connectivity index (χ0v) is 19.4. The monoisotopic (exact) mass is 462 g/mol. The summed E-state index contributed by atoms with van der Waals surface area (Å²) in [6, 6.07) is 27.5. The van der Waals surface area contributed by atoms with E-state index >= 15 is 0 Å². The number of aromatic nitrogens is 3. The molecular weight excluding hydrogens is 440 g/mol. The molecular formula is C25H23ClN4OS. The van der Waals surface area contributed by atoms with Crippen LogP contribution in [0.3, 0.4) is 0 Å². The molecule has 4 aromatic rings. The molecule has 0 atom stereocenters. The summed E-state index contributed by atoms with van der Waals surface area (Å²) in [7, 11) is 3.73. The average molecular weight is 463 g/mol. The molecule has 1 aromatic heterocycles. The second kappa shape index (κ2) is 10.0. The number of amides is 1. The molecule has 0 spiro atoms. The Morgan fingerprint density at radius 2 is 1.50 bits per heavy atom. The predicted molar refractivity (Wildman–Crippen MR) is 130 cm³/mol. The minimum Gasteiger partial charge on any atom is -0.334 e. The van der Waals surface area contributed by atoms with E-state index in [0.717, 1.165) is 16.7 Å². The topological polar surface area (TPSA) is 51.0 Å². The van der Waals surface area contributed by atoms with E-state index < -0.39 is 0 Å². The molecule has 0 fully saturated rings. The van der Waals surface area contributed by atoms with Gasteiger partial charge in [0.05, 0.1) is 16.8 Å². The minimum atomic E-state index is -0.163. The lowest BCUT2D eigenvalue weighted by atomic mass is 9.97. The third-order valence-electron chi connectivity index (χ3n) is 5.29. The van der Waals surface area contributed by atoms with Crippen molar-refractivity contribution in [3.63, 3.8) is 0 Å². The van der Waals surface area contributed by atoms with Crippen LogP contribution in [0.5, 0.6) is 0 Å². The molecule has 0 bridgehead atoms. The van der Waals surface area contributed by atoms with E-state index in [4.69, 9.17) is 11.6 Å². The highest BCUT2D eigenvalue weighted by atomic mass is 35.5. The molecule has 0 N–H and O–H groups in total.